The fourth-order valence-electron chi connectivity index (χ4n) is 6.64. The van der Waals surface area contributed by atoms with Gasteiger partial charge in [0.1, 0.15) is 6.04 Å². The number of aryl methyl sites for hydroxylation is 1. The molecular formula is C41H57N7O6. The van der Waals surface area contributed by atoms with Crippen LogP contribution in [0.15, 0.2) is 78.9 Å². The Morgan fingerprint density at radius 1 is 0.981 bits per heavy atom. The lowest BCUT2D eigenvalue weighted by molar-refractivity contribution is -0.131. The van der Waals surface area contributed by atoms with Crippen LogP contribution in [0, 0.1) is 18.3 Å². The number of aliphatic hydroxyl groups is 1. The van der Waals surface area contributed by atoms with E-state index in [1.54, 1.807) is 14.8 Å². The lowest BCUT2D eigenvalue weighted by Crippen LogP contribution is -2.58. The van der Waals surface area contributed by atoms with E-state index in [-0.39, 0.29) is 43.3 Å². The second kappa shape index (κ2) is 19.9. The molecule has 0 radical (unpaired) electrons. The standard InChI is InChI=1S/C41H57N7O6/c1-7-29(2)37(48-22-21-46(40(48)53)26-33-20-14-15-30(3)43-33)38(51)44-34(23-31-16-10-8-11-17-31)35(49)27-47(25-32-18-12-9-13-19-32)45-36(50)24-41(4,5)28-42-39(52)54-6/h8-20,29,34-35,37,49H,7,21-28H2,1-6H3,(H,42,52)(H,44,51)(H,45,50). The van der Waals surface area contributed by atoms with E-state index < -0.39 is 29.7 Å². The largest absolute Gasteiger partial charge is 0.453 e. The van der Waals surface area contributed by atoms with Gasteiger partial charge in [0.05, 0.1) is 31.5 Å². The third kappa shape index (κ3) is 12.6. The fourth-order valence-corrected chi connectivity index (χ4v) is 6.64. The van der Waals surface area contributed by atoms with Crippen LogP contribution in [0.5, 0.6) is 0 Å². The van der Waals surface area contributed by atoms with Crippen molar-refractivity contribution in [3.8, 4) is 0 Å². The van der Waals surface area contributed by atoms with Gasteiger partial charge in [-0.1, -0.05) is 101 Å². The van der Waals surface area contributed by atoms with Gasteiger partial charge in [0.25, 0.3) is 0 Å². The Kier molecular flexibility index (Phi) is 15.4. The van der Waals surface area contributed by atoms with Gasteiger partial charge in [0, 0.05) is 44.8 Å². The zero-order chi connectivity index (χ0) is 39.3. The summed E-state index contributed by atoms with van der Waals surface area (Å²) in [4.78, 5) is 61.2. The van der Waals surface area contributed by atoms with Crippen LogP contribution in [0.1, 0.15) is 63.1 Å². The lowest BCUT2D eigenvalue weighted by atomic mass is 9.89. The van der Waals surface area contributed by atoms with E-state index in [1.807, 2.05) is 113 Å². The molecule has 1 fully saturated rings. The minimum Gasteiger partial charge on any atom is -0.453 e. The number of urea groups is 1. The molecule has 0 aliphatic carbocycles. The van der Waals surface area contributed by atoms with Gasteiger partial charge in [-0.15, -0.1) is 0 Å². The van der Waals surface area contributed by atoms with Crippen molar-refractivity contribution < 1.29 is 29.0 Å². The third-order valence-corrected chi connectivity index (χ3v) is 9.75. The summed E-state index contributed by atoms with van der Waals surface area (Å²) in [7, 11) is 1.28. The summed E-state index contributed by atoms with van der Waals surface area (Å²) in [5.74, 6) is -0.800. The molecule has 1 aromatic heterocycles. The predicted octanol–water partition coefficient (Wildman–Crippen LogP) is 4.44. The molecule has 4 rings (SSSR count). The Morgan fingerprint density at radius 3 is 2.28 bits per heavy atom. The molecule has 4 atom stereocenters. The number of aliphatic hydroxyl groups excluding tert-OH is 1. The Bertz CT molecular complexity index is 1670. The van der Waals surface area contributed by atoms with E-state index in [0.29, 0.717) is 39.0 Å². The quantitative estimate of drug-likeness (QED) is 0.132. The predicted molar refractivity (Wildman–Crippen MR) is 207 cm³/mol. The number of hydrazine groups is 1. The minimum absolute atomic E-state index is 0.00678. The van der Waals surface area contributed by atoms with Crippen molar-refractivity contribution in [3.63, 3.8) is 0 Å². The Balaban J connectivity index is 1.54. The van der Waals surface area contributed by atoms with Crippen molar-refractivity contribution in [2.24, 2.45) is 11.3 Å². The molecule has 4 unspecified atom stereocenters. The van der Waals surface area contributed by atoms with E-state index >= 15 is 0 Å². The van der Waals surface area contributed by atoms with Gasteiger partial charge < -0.3 is 30.3 Å². The number of rotatable bonds is 19. The molecule has 54 heavy (non-hydrogen) atoms. The summed E-state index contributed by atoms with van der Waals surface area (Å²) in [6.45, 7) is 11.3. The first kappa shape index (κ1) is 41.7. The van der Waals surface area contributed by atoms with Crippen molar-refractivity contribution in [2.75, 3.05) is 33.3 Å². The van der Waals surface area contributed by atoms with Crippen molar-refractivity contribution in [1.29, 1.82) is 0 Å². The highest BCUT2D eigenvalue weighted by Crippen LogP contribution is 2.23. The van der Waals surface area contributed by atoms with E-state index in [4.69, 9.17) is 0 Å². The van der Waals surface area contributed by atoms with Crippen LogP contribution < -0.4 is 16.1 Å². The van der Waals surface area contributed by atoms with Gasteiger partial charge in [0.15, 0.2) is 0 Å². The van der Waals surface area contributed by atoms with Crippen molar-refractivity contribution in [1.82, 2.24) is 35.9 Å². The number of nitrogens with one attached hydrogen (secondary N) is 3. The first-order chi connectivity index (χ1) is 25.8. The third-order valence-electron chi connectivity index (χ3n) is 9.75. The van der Waals surface area contributed by atoms with Gasteiger partial charge in [0.2, 0.25) is 11.8 Å². The fraction of sp³-hybridized carbons (Fsp3) is 0.488. The molecule has 1 saturated heterocycles. The molecule has 0 bridgehead atoms. The monoisotopic (exact) mass is 743 g/mol. The van der Waals surface area contributed by atoms with Crippen LogP contribution in [0.3, 0.4) is 0 Å². The maximum absolute atomic E-state index is 14.4. The second-order valence-corrected chi connectivity index (χ2v) is 15.0. The highest BCUT2D eigenvalue weighted by atomic mass is 16.5. The molecule has 1 aliphatic heterocycles. The number of benzene rings is 2. The number of methoxy groups -OCH3 is 1. The van der Waals surface area contributed by atoms with Crippen LogP contribution in [0.4, 0.5) is 9.59 Å². The molecule has 4 N–H and O–H groups in total. The molecule has 0 saturated carbocycles. The van der Waals surface area contributed by atoms with Crippen LogP contribution in [0.2, 0.25) is 0 Å². The maximum Gasteiger partial charge on any atom is 0.406 e. The van der Waals surface area contributed by atoms with Crippen molar-refractivity contribution in [2.45, 2.75) is 85.2 Å². The Hall–Kier alpha value is -5.01. The SMILES string of the molecule is CCC(C)C(C(=O)NC(Cc1ccccc1)C(O)CN(Cc1ccccc1)NC(=O)CC(C)(C)CNC(=O)OC)N1CCN(Cc2cccc(C)n2)C1=O. The molecule has 2 heterocycles. The summed E-state index contributed by atoms with van der Waals surface area (Å²) < 4.78 is 4.68. The average molecular weight is 744 g/mol. The van der Waals surface area contributed by atoms with Gasteiger partial charge in [-0.05, 0) is 47.9 Å². The van der Waals surface area contributed by atoms with Gasteiger partial charge in [-0.3, -0.25) is 20.0 Å². The van der Waals surface area contributed by atoms with Crippen molar-refractivity contribution in [3.05, 3.63) is 101 Å². The van der Waals surface area contributed by atoms with Gasteiger partial charge in [-0.2, -0.15) is 0 Å². The summed E-state index contributed by atoms with van der Waals surface area (Å²) in [5, 5.41) is 19.4. The number of carbonyl (C=O) groups is 4. The highest BCUT2D eigenvalue weighted by molar-refractivity contribution is 5.88. The van der Waals surface area contributed by atoms with Crippen LogP contribution in [0.25, 0.3) is 0 Å². The van der Waals surface area contributed by atoms with Crippen LogP contribution >= 0.6 is 0 Å². The number of alkyl carbamates (subject to hydrolysis) is 1. The number of carbonyl (C=O) groups excluding carboxylic acids is 4. The topological polar surface area (TPSA) is 156 Å². The summed E-state index contributed by atoms with van der Waals surface area (Å²) >= 11 is 0. The van der Waals surface area contributed by atoms with E-state index in [0.717, 1.165) is 22.5 Å². The molecule has 13 heteroatoms. The molecule has 292 valence electrons. The zero-order valence-corrected chi connectivity index (χ0v) is 32.5. The summed E-state index contributed by atoms with van der Waals surface area (Å²) in [6, 6.07) is 23.1. The van der Waals surface area contributed by atoms with E-state index in [1.165, 1.54) is 7.11 Å². The van der Waals surface area contributed by atoms with Gasteiger partial charge in [-0.25, -0.2) is 14.6 Å². The highest BCUT2D eigenvalue weighted by Gasteiger charge is 2.41. The second-order valence-electron chi connectivity index (χ2n) is 15.0. The number of amides is 5. The first-order valence-electron chi connectivity index (χ1n) is 18.7. The van der Waals surface area contributed by atoms with Crippen molar-refractivity contribution >= 4 is 23.9 Å². The Labute approximate surface area is 319 Å². The molecule has 1 aliphatic rings. The Morgan fingerprint density at radius 2 is 1.65 bits per heavy atom. The number of hydrogen-bond donors (Lipinski definition) is 4. The van der Waals surface area contributed by atoms with Gasteiger partial charge >= 0.3 is 12.1 Å². The normalized spacial score (nSPS) is 15.4. The molecule has 5 amide bonds. The first-order valence-corrected chi connectivity index (χ1v) is 18.7. The summed E-state index contributed by atoms with van der Waals surface area (Å²) in [5.41, 5.74) is 5.86. The lowest BCUT2D eigenvalue weighted by Gasteiger charge is -2.35. The summed E-state index contributed by atoms with van der Waals surface area (Å²) in [6.07, 6.45) is -0.636. The number of nitrogens with zero attached hydrogens (tertiary/aromatic N) is 4. The maximum atomic E-state index is 14.4. The van der Waals surface area contributed by atoms with E-state index in [9.17, 15) is 24.3 Å². The molecule has 3 aromatic rings. The van der Waals surface area contributed by atoms with Crippen LogP contribution in [-0.4, -0.2) is 100 Å². The number of aromatic nitrogens is 1. The number of hydrogen-bond acceptors (Lipinski definition) is 8. The molecule has 13 nitrogen and oxygen atoms in total. The smallest absolute Gasteiger partial charge is 0.406 e. The molecule has 2 aromatic carbocycles. The molecular weight excluding hydrogens is 686 g/mol. The average Bonchev–Trinajstić information content (AvgIpc) is 3.49. The van der Waals surface area contributed by atoms with Crippen LogP contribution in [-0.2, 0) is 33.8 Å². The zero-order valence-electron chi connectivity index (χ0n) is 32.5. The number of ether oxygens (including phenoxy) is 1. The minimum atomic E-state index is -1.12. The molecule has 0 spiro atoms. The number of pyridine rings is 1. The van der Waals surface area contributed by atoms with E-state index in [2.05, 4.69) is 25.8 Å².